The summed E-state index contributed by atoms with van der Waals surface area (Å²) >= 11 is 0. The number of carbonyl (C=O) groups is 1. The van der Waals surface area contributed by atoms with Crippen molar-refractivity contribution in [3.63, 3.8) is 0 Å². The van der Waals surface area contributed by atoms with Crippen molar-refractivity contribution in [2.45, 2.75) is 88.6 Å². The molecule has 31 heavy (non-hydrogen) atoms. The largest absolute Gasteiger partial charge is 0.381 e. The summed E-state index contributed by atoms with van der Waals surface area (Å²) in [6.45, 7) is 3.67. The number of carbonyl (C=O) groups excluding carboxylic acids is 1. The van der Waals surface area contributed by atoms with Gasteiger partial charge in [-0.05, 0) is 98.9 Å². The van der Waals surface area contributed by atoms with E-state index in [-0.39, 0.29) is 16.2 Å². The third-order valence-corrected chi connectivity index (χ3v) is 9.75. The normalized spacial score (nSPS) is 47.1. The Hall–Kier alpha value is -1.39. The first-order chi connectivity index (χ1) is 14.9. The van der Waals surface area contributed by atoms with Crippen molar-refractivity contribution in [3.05, 3.63) is 35.9 Å². The molecule has 0 aromatic heterocycles. The number of nitrogens with one attached hydrogen (secondary N) is 1. The highest BCUT2D eigenvalue weighted by atomic mass is 16.5. The van der Waals surface area contributed by atoms with Crippen LogP contribution >= 0.6 is 0 Å². The van der Waals surface area contributed by atoms with Gasteiger partial charge in [-0.3, -0.25) is 4.79 Å². The monoisotopic (exact) mass is 422 g/mol. The zero-order chi connectivity index (χ0) is 21.3. The Morgan fingerprint density at radius 3 is 2.52 bits per heavy atom. The van der Waals surface area contributed by atoms with Crippen LogP contribution in [0.4, 0.5) is 0 Å². The van der Waals surface area contributed by atoms with Crippen molar-refractivity contribution in [2.75, 3.05) is 13.2 Å². The van der Waals surface area contributed by atoms with Gasteiger partial charge in [0.25, 0.3) is 0 Å². The van der Waals surface area contributed by atoms with E-state index in [1.807, 2.05) is 0 Å². The molecular formula is C27H38N2O2. The molecule has 1 spiro atoms. The lowest BCUT2D eigenvalue weighted by Gasteiger charge is -2.66. The average molecular weight is 423 g/mol. The summed E-state index contributed by atoms with van der Waals surface area (Å²) in [5.41, 5.74) is 8.02. The molecule has 0 radical (unpaired) electrons. The number of ether oxygens (including phenoxy) is 1. The molecule has 6 saturated carbocycles. The van der Waals surface area contributed by atoms with Crippen molar-refractivity contribution in [1.82, 2.24) is 5.32 Å². The lowest BCUT2D eigenvalue weighted by molar-refractivity contribution is -0.174. The van der Waals surface area contributed by atoms with Crippen molar-refractivity contribution in [2.24, 2.45) is 27.9 Å². The van der Waals surface area contributed by atoms with E-state index in [1.54, 1.807) is 0 Å². The van der Waals surface area contributed by atoms with Crippen LogP contribution in [0.5, 0.6) is 0 Å². The molecule has 3 N–H and O–H groups in total. The van der Waals surface area contributed by atoms with Crippen molar-refractivity contribution in [1.29, 1.82) is 0 Å². The Bertz CT molecular complexity index is 857. The van der Waals surface area contributed by atoms with Gasteiger partial charge < -0.3 is 15.8 Å². The molecule has 7 rings (SSSR count). The maximum absolute atomic E-state index is 13.9. The van der Waals surface area contributed by atoms with Gasteiger partial charge in [-0.15, -0.1) is 0 Å². The standard InChI is InChI=1S/C27H38N2O2/c1-2-31-18-25-8-19-9-26(15-25,20-6-4-3-5-7-20)17-27(10-19,16-25)23(30)29-22-13-24(14-22)11-21(28)12-24/h3-7,19,21-22H,2,8-18,28H2,1H3,(H,29,30)/t19?,21?,22?,24?,25-,26+,27?/m0/s1. The molecule has 1 amide bonds. The summed E-state index contributed by atoms with van der Waals surface area (Å²) in [6, 6.07) is 11.8. The highest BCUT2D eigenvalue weighted by Gasteiger charge is 2.66. The molecule has 6 aliphatic carbocycles. The molecule has 0 aliphatic heterocycles. The zero-order valence-electron chi connectivity index (χ0n) is 19.0. The second-order valence-corrected chi connectivity index (χ2v) is 12.3. The van der Waals surface area contributed by atoms with Gasteiger partial charge in [-0.1, -0.05) is 30.3 Å². The first-order valence-corrected chi connectivity index (χ1v) is 12.6. The maximum atomic E-state index is 13.9. The van der Waals surface area contributed by atoms with Gasteiger partial charge in [0.05, 0.1) is 12.0 Å². The fourth-order valence-electron chi connectivity index (χ4n) is 9.30. The Balaban J connectivity index is 1.27. The molecule has 1 aromatic rings. The highest BCUT2D eigenvalue weighted by Crippen LogP contribution is 2.70. The lowest BCUT2D eigenvalue weighted by Crippen LogP contribution is -2.66. The lowest BCUT2D eigenvalue weighted by atomic mass is 9.38. The molecule has 6 fully saturated rings. The molecule has 6 aliphatic rings. The van der Waals surface area contributed by atoms with Crippen LogP contribution in [-0.2, 0) is 14.9 Å². The topological polar surface area (TPSA) is 64.3 Å². The molecule has 4 atom stereocenters. The second-order valence-electron chi connectivity index (χ2n) is 12.3. The maximum Gasteiger partial charge on any atom is 0.226 e. The van der Waals surface area contributed by atoms with Gasteiger partial charge in [0.1, 0.15) is 0 Å². The van der Waals surface area contributed by atoms with Crippen molar-refractivity contribution >= 4 is 5.91 Å². The van der Waals surface area contributed by atoms with Gasteiger partial charge in [-0.2, -0.15) is 0 Å². The van der Waals surface area contributed by atoms with Crippen LogP contribution in [0.25, 0.3) is 0 Å². The summed E-state index contributed by atoms with van der Waals surface area (Å²) in [5, 5.41) is 3.53. The Morgan fingerprint density at radius 1 is 1.03 bits per heavy atom. The van der Waals surface area contributed by atoms with Crippen LogP contribution in [0.2, 0.25) is 0 Å². The summed E-state index contributed by atoms with van der Waals surface area (Å²) in [5.74, 6) is 0.987. The van der Waals surface area contributed by atoms with Gasteiger partial charge in [0.2, 0.25) is 5.91 Å². The van der Waals surface area contributed by atoms with E-state index in [0.29, 0.717) is 29.3 Å². The summed E-state index contributed by atoms with van der Waals surface area (Å²) in [7, 11) is 0. The van der Waals surface area contributed by atoms with E-state index >= 15 is 0 Å². The van der Waals surface area contributed by atoms with E-state index in [2.05, 4.69) is 42.6 Å². The quantitative estimate of drug-likeness (QED) is 0.718. The predicted molar refractivity (Wildman–Crippen MR) is 121 cm³/mol. The van der Waals surface area contributed by atoms with Crippen molar-refractivity contribution in [3.8, 4) is 0 Å². The number of rotatable bonds is 6. The highest BCUT2D eigenvalue weighted by molar-refractivity contribution is 5.84. The fraction of sp³-hybridized carbons (Fsp3) is 0.741. The summed E-state index contributed by atoms with van der Waals surface area (Å²) in [4.78, 5) is 13.9. The molecule has 4 bridgehead atoms. The minimum Gasteiger partial charge on any atom is -0.381 e. The Labute approximate surface area is 186 Å². The molecule has 0 heterocycles. The molecule has 0 saturated heterocycles. The van der Waals surface area contributed by atoms with E-state index in [9.17, 15) is 4.79 Å². The number of amides is 1. The Morgan fingerprint density at radius 2 is 1.81 bits per heavy atom. The number of hydrogen-bond donors (Lipinski definition) is 2. The van der Waals surface area contributed by atoms with Gasteiger partial charge in [0, 0.05) is 18.7 Å². The van der Waals surface area contributed by atoms with Gasteiger partial charge in [-0.25, -0.2) is 0 Å². The third-order valence-electron chi connectivity index (χ3n) is 9.75. The van der Waals surface area contributed by atoms with E-state index < -0.39 is 0 Å². The molecule has 2 unspecified atom stereocenters. The van der Waals surface area contributed by atoms with E-state index in [4.69, 9.17) is 10.5 Å². The molecule has 1 aromatic carbocycles. The van der Waals surface area contributed by atoms with Crippen LogP contribution in [-0.4, -0.2) is 31.2 Å². The third kappa shape index (κ3) is 3.12. The molecule has 4 heteroatoms. The van der Waals surface area contributed by atoms with E-state index in [1.165, 1.54) is 24.8 Å². The molecular weight excluding hydrogens is 384 g/mol. The molecule has 168 valence electrons. The van der Waals surface area contributed by atoms with Gasteiger partial charge >= 0.3 is 0 Å². The number of benzene rings is 1. The first kappa shape index (κ1) is 20.2. The SMILES string of the molecule is CCOC[C@]12CC3CC(C(=O)NC4CC5(CC(N)C5)C4)(C1)C[C@@](c1ccccc1)(C3)C2. The van der Waals surface area contributed by atoms with Crippen LogP contribution in [0.3, 0.4) is 0 Å². The summed E-state index contributed by atoms with van der Waals surface area (Å²) in [6.07, 6.45) is 11.3. The average Bonchev–Trinajstić information content (AvgIpc) is 2.69. The fourth-order valence-corrected chi connectivity index (χ4v) is 9.30. The number of nitrogens with two attached hydrogens (primary N) is 1. The smallest absolute Gasteiger partial charge is 0.226 e. The van der Waals surface area contributed by atoms with Crippen LogP contribution in [0.1, 0.15) is 76.7 Å². The van der Waals surface area contributed by atoms with Crippen LogP contribution in [0.15, 0.2) is 30.3 Å². The number of hydrogen-bond acceptors (Lipinski definition) is 3. The minimum absolute atomic E-state index is 0.136. The van der Waals surface area contributed by atoms with Crippen molar-refractivity contribution < 1.29 is 9.53 Å². The van der Waals surface area contributed by atoms with E-state index in [0.717, 1.165) is 58.2 Å². The van der Waals surface area contributed by atoms with Crippen LogP contribution < -0.4 is 11.1 Å². The minimum atomic E-state index is -0.217. The summed E-state index contributed by atoms with van der Waals surface area (Å²) < 4.78 is 6.05. The predicted octanol–water partition coefficient (Wildman–Crippen LogP) is 4.32. The molecule has 4 nitrogen and oxygen atoms in total. The zero-order valence-corrected chi connectivity index (χ0v) is 19.0. The first-order valence-electron chi connectivity index (χ1n) is 12.6. The second kappa shape index (κ2) is 6.81. The Kier molecular flexibility index (Phi) is 4.44. The van der Waals surface area contributed by atoms with Crippen LogP contribution in [0, 0.1) is 22.2 Å². The van der Waals surface area contributed by atoms with Gasteiger partial charge in [0.15, 0.2) is 0 Å².